The van der Waals surface area contributed by atoms with Crippen LogP contribution < -0.4 is 0 Å². The second-order valence-electron chi connectivity index (χ2n) is 6.62. The molecule has 0 unspecified atom stereocenters. The summed E-state index contributed by atoms with van der Waals surface area (Å²) >= 11 is 0. The minimum Gasteiger partial charge on any atom is -0.481 e. The highest BCUT2D eigenvalue weighted by molar-refractivity contribution is 5.74. The Kier molecular flexibility index (Phi) is 5.26. The van der Waals surface area contributed by atoms with E-state index in [1.807, 2.05) is 0 Å². The number of likely N-dealkylation sites (tertiary alicyclic amines) is 1. The minimum atomic E-state index is -0.565. The van der Waals surface area contributed by atoms with Crippen LogP contribution in [-0.4, -0.2) is 35.6 Å². The molecule has 0 bridgehead atoms. The zero-order valence-electron chi connectivity index (χ0n) is 12.4. The van der Waals surface area contributed by atoms with Gasteiger partial charge in [-0.1, -0.05) is 39.0 Å². The topological polar surface area (TPSA) is 40.5 Å². The van der Waals surface area contributed by atoms with Crippen molar-refractivity contribution < 1.29 is 9.90 Å². The number of nitrogens with zero attached hydrogens (tertiary/aromatic N) is 1. The zero-order valence-corrected chi connectivity index (χ0v) is 12.4. The van der Waals surface area contributed by atoms with Crippen LogP contribution >= 0.6 is 0 Å². The van der Waals surface area contributed by atoms with Gasteiger partial charge in [0.05, 0.1) is 5.41 Å². The van der Waals surface area contributed by atoms with Gasteiger partial charge < -0.3 is 10.0 Å². The summed E-state index contributed by atoms with van der Waals surface area (Å²) in [6.45, 7) is 5.25. The Hall–Kier alpha value is -0.570. The highest BCUT2D eigenvalue weighted by Crippen LogP contribution is 2.37. The molecule has 3 nitrogen and oxygen atoms in total. The summed E-state index contributed by atoms with van der Waals surface area (Å²) in [6.07, 6.45) is 10.5. The van der Waals surface area contributed by atoms with Crippen LogP contribution in [0.5, 0.6) is 0 Å². The molecule has 1 aliphatic heterocycles. The Bertz CT molecular complexity index is 289. The van der Waals surface area contributed by atoms with Gasteiger partial charge in [-0.3, -0.25) is 4.79 Å². The Balaban J connectivity index is 1.75. The maximum Gasteiger partial charge on any atom is 0.309 e. The van der Waals surface area contributed by atoms with Crippen molar-refractivity contribution in [1.82, 2.24) is 4.90 Å². The van der Waals surface area contributed by atoms with E-state index in [2.05, 4.69) is 11.8 Å². The lowest BCUT2D eigenvalue weighted by Crippen LogP contribution is -2.44. The fourth-order valence-electron chi connectivity index (χ4n) is 3.92. The van der Waals surface area contributed by atoms with Gasteiger partial charge in [0.25, 0.3) is 0 Å². The third-order valence-corrected chi connectivity index (χ3v) is 5.32. The third-order valence-electron chi connectivity index (χ3n) is 5.32. The van der Waals surface area contributed by atoms with Gasteiger partial charge in [0.1, 0.15) is 0 Å². The summed E-state index contributed by atoms with van der Waals surface area (Å²) in [5, 5.41) is 9.49. The fraction of sp³-hybridized carbons (Fsp3) is 0.938. The predicted octanol–water partition coefficient (Wildman–Crippen LogP) is 3.53. The minimum absolute atomic E-state index is 0.418. The molecule has 110 valence electrons. The van der Waals surface area contributed by atoms with E-state index in [0.717, 1.165) is 44.7 Å². The van der Waals surface area contributed by atoms with Crippen LogP contribution in [0.3, 0.4) is 0 Å². The van der Waals surface area contributed by atoms with E-state index in [4.69, 9.17) is 0 Å². The fourth-order valence-corrected chi connectivity index (χ4v) is 3.92. The van der Waals surface area contributed by atoms with E-state index in [1.165, 1.54) is 38.6 Å². The Morgan fingerprint density at radius 1 is 1.26 bits per heavy atom. The summed E-state index contributed by atoms with van der Waals surface area (Å²) in [5.41, 5.74) is -0.418. The summed E-state index contributed by atoms with van der Waals surface area (Å²) in [4.78, 5) is 14.0. The molecule has 2 rings (SSSR count). The zero-order chi connectivity index (χ0) is 13.7. The Labute approximate surface area is 117 Å². The number of carbonyl (C=O) groups is 1. The number of rotatable bonds is 6. The quantitative estimate of drug-likeness (QED) is 0.800. The van der Waals surface area contributed by atoms with E-state index in [1.54, 1.807) is 0 Å². The summed E-state index contributed by atoms with van der Waals surface area (Å²) in [5.74, 6) is 0.381. The number of carboxylic acids is 1. The van der Waals surface area contributed by atoms with Crippen molar-refractivity contribution in [3.05, 3.63) is 0 Å². The van der Waals surface area contributed by atoms with Crippen LogP contribution in [-0.2, 0) is 4.79 Å². The molecular weight excluding hydrogens is 238 g/mol. The summed E-state index contributed by atoms with van der Waals surface area (Å²) in [6, 6.07) is 0. The number of carboxylic acid groups (broad SMARTS) is 1. The average molecular weight is 267 g/mol. The van der Waals surface area contributed by atoms with Gasteiger partial charge in [-0.2, -0.15) is 0 Å². The smallest absolute Gasteiger partial charge is 0.309 e. The first-order valence-electron chi connectivity index (χ1n) is 8.12. The molecule has 0 atom stereocenters. The van der Waals surface area contributed by atoms with Crippen molar-refractivity contribution in [2.45, 2.75) is 64.7 Å². The molecule has 0 aromatic rings. The molecule has 0 aromatic carbocycles. The van der Waals surface area contributed by atoms with Crippen LogP contribution in [0.15, 0.2) is 0 Å². The van der Waals surface area contributed by atoms with Gasteiger partial charge in [-0.05, 0) is 51.2 Å². The van der Waals surface area contributed by atoms with Gasteiger partial charge in [0.15, 0.2) is 0 Å². The van der Waals surface area contributed by atoms with E-state index in [9.17, 15) is 9.90 Å². The number of aliphatic carboxylic acids is 1. The molecule has 1 N–H and O–H groups in total. The number of hydrogen-bond donors (Lipinski definition) is 1. The molecule has 2 aliphatic rings. The normalized spacial score (nSPS) is 24.7. The molecule has 1 saturated heterocycles. The van der Waals surface area contributed by atoms with Crippen molar-refractivity contribution in [3.8, 4) is 0 Å². The maximum absolute atomic E-state index is 11.5. The van der Waals surface area contributed by atoms with Crippen LogP contribution in [0, 0.1) is 11.3 Å². The van der Waals surface area contributed by atoms with Gasteiger partial charge in [0, 0.05) is 0 Å². The Morgan fingerprint density at radius 3 is 2.42 bits per heavy atom. The summed E-state index contributed by atoms with van der Waals surface area (Å²) in [7, 11) is 0. The van der Waals surface area contributed by atoms with E-state index in [0.29, 0.717) is 0 Å². The summed E-state index contributed by atoms with van der Waals surface area (Å²) < 4.78 is 0. The number of piperidine rings is 1. The van der Waals surface area contributed by atoms with Crippen LogP contribution in [0.1, 0.15) is 64.7 Å². The van der Waals surface area contributed by atoms with E-state index >= 15 is 0 Å². The molecule has 0 radical (unpaired) electrons. The molecule has 0 spiro atoms. The molecule has 3 heteroatoms. The molecule has 2 fully saturated rings. The lowest BCUT2D eigenvalue weighted by atomic mass is 9.75. The lowest BCUT2D eigenvalue weighted by Gasteiger charge is -2.39. The largest absolute Gasteiger partial charge is 0.481 e. The van der Waals surface area contributed by atoms with E-state index < -0.39 is 11.4 Å². The highest BCUT2D eigenvalue weighted by Gasteiger charge is 2.40. The molecular formula is C16H29NO2. The van der Waals surface area contributed by atoms with Gasteiger partial charge in [-0.25, -0.2) is 0 Å². The second-order valence-corrected chi connectivity index (χ2v) is 6.62. The molecule has 0 aromatic heterocycles. The average Bonchev–Trinajstić information content (AvgIpc) is 2.91. The standard InChI is InChI=1S/C16H29NO2/c1-2-8-16(15(18)19)9-12-17(13-10-16)11-7-14-5-3-4-6-14/h14H,2-13H2,1H3,(H,18,19). The first-order valence-corrected chi connectivity index (χ1v) is 8.12. The van der Waals surface area contributed by atoms with Crippen molar-refractivity contribution >= 4 is 5.97 Å². The molecule has 0 amide bonds. The third kappa shape index (κ3) is 3.71. The van der Waals surface area contributed by atoms with Crippen molar-refractivity contribution in [3.63, 3.8) is 0 Å². The number of hydrogen-bond acceptors (Lipinski definition) is 2. The Morgan fingerprint density at radius 2 is 1.89 bits per heavy atom. The van der Waals surface area contributed by atoms with Crippen LogP contribution in [0.25, 0.3) is 0 Å². The van der Waals surface area contributed by atoms with E-state index in [-0.39, 0.29) is 0 Å². The monoisotopic (exact) mass is 267 g/mol. The van der Waals surface area contributed by atoms with Gasteiger partial charge in [0.2, 0.25) is 0 Å². The molecule has 1 aliphatic carbocycles. The maximum atomic E-state index is 11.5. The lowest BCUT2D eigenvalue weighted by molar-refractivity contribution is -0.152. The van der Waals surface area contributed by atoms with Crippen molar-refractivity contribution in [1.29, 1.82) is 0 Å². The van der Waals surface area contributed by atoms with Crippen molar-refractivity contribution in [2.24, 2.45) is 11.3 Å². The molecule has 1 saturated carbocycles. The molecule has 19 heavy (non-hydrogen) atoms. The second kappa shape index (κ2) is 6.74. The first kappa shape index (κ1) is 14.8. The van der Waals surface area contributed by atoms with Gasteiger partial charge in [-0.15, -0.1) is 0 Å². The predicted molar refractivity (Wildman–Crippen MR) is 77.2 cm³/mol. The van der Waals surface area contributed by atoms with Gasteiger partial charge >= 0.3 is 5.97 Å². The molecule has 1 heterocycles. The highest BCUT2D eigenvalue weighted by atomic mass is 16.4. The first-order chi connectivity index (χ1) is 9.16. The SMILES string of the molecule is CCCC1(C(=O)O)CCN(CCC2CCCC2)CC1. The van der Waals surface area contributed by atoms with Crippen LogP contribution in [0.2, 0.25) is 0 Å². The van der Waals surface area contributed by atoms with Crippen molar-refractivity contribution in [2.75, 3.05) is 19.6 Å². The van der Waals surface area contributed by atoms with Crippen LogP contribution in [0.4, 0.5) is 0 Å².